The van der Waals surface area contributed by atoms with E-state index < -0.39 is 0 Å². The summed E-state index contributed by atoms with van der Waals surface area (Å²) in [7, 11) is 0. The van der Waals surface area contributed by atoms with Gasteiger partial charge in [-0.3, -0.25) is 0 Å². The fraction of sp³-hybridized carbons (Fsp3) is 0.462. The van der Waals surface area contributed by atoms with Gasteiger partial charge in [0.1, 0.15) is 5.76 Å². The molecular formula is C13H18O3. The quantitative estimate of drug-likeness (QED) is 0.590. The van der Waals surface area contributed by atoms with Gasteiger partial charge in [-0.2, -0.15) is 0 Å². The van der Waals surface area contributed by atoms with E-state index in [0.29, 0.717) is 12.4 Å². The van der Waals surface area contributed by atoms with Gasteiger partial charge in [-0.05, 0) is 31.9 Å². The molecule has 2 atom stereocenters. The molecule has 0 aromatic rings. The fourth-order valence-electron chi connectivity index (χ4n) is 1.86. The largest absolute Gasteiger partial charge is 0.508 e. The molecule has 1 aliphatic carbocycles. The van der Waals surface area contributed by atoms with Crippen LogP contribution in [0.5, 0.6) is 0 Å². The molecule has 3 nitrogen and oxygen atoms in total. The monoisotopic (exact) mass is 222 g/mol. The van der Waals surface area contributed by atoms with Crippen LogP contribution in [0.3, 0.4) is 0 Å². The molecule has 0 amide bonds. The molecule has 88 valence electrons. The minimum atomic E-state index is -0.318. The normalized spacial score (nSPS) is 25.2. The minimum Gasteiger partial charge on any atom is -0.508 e. The van der Waals surface area contributed by atoms with Gasteiger partial charge in [-0.25, -0.2) is 4.79 Å². The molecule has 0 aliphatic heterocycles. The lowest BCUT2D eigenvalue weighted by Gasteiger charge is -2.22. The summed E-state index contributed by atoms with van der Waals surface area (Å²) in [6.07, 6.45) is 6.79. The second kappa shape index (κ2) is 5.54. The van der Waals surface area contributed by atoms with Crippen molar-refractivity contribution in [1.82, 2.24) is 0 Å². The summed E-state index contributed by atoms with van der Waals surface area (Å²) >= 11 is 0. The molecule has 16 heavy (non-hydrogen) atoms. The third-order valence-corrected chi connectivity index (χ3v) is 2.63. The molecule has 1 aliphatic rings. The number of carbonyl (C=O) groups is 1. The van der Waals surface area contributed by atoms with Crippen molar-refractivity contribution in [1.29, 1.82) is 0 Å². The van der Waals surface area contributed by atoms with Gasteiger partial charge in [-0.1, -0.05) is 18.6 Å². The number of carbonyl (C=O) groups excluding carboxylic acids is 1. The predicted octanol–water partition coefficient (Wildman–Crippen LogP) is 2.76. The maximum atomic E-state index is 11.2. The minimum absolute atomic E-state index is 0.153. The van der Waals surface area contributed by atoms with Crippen molar-refractivity contribution in [3.63, 3.8) is 0 Å². The van der Waals surface area contributed by atoms with Crippen LogP contribution in [-0.4, -0.2) is 17.7 Å². The molecule has 0 aromatic heterocycles. The molecule has 3 heteroatoms. The second-order valence-corrected chi connectivity index (χ2v) is 3.98. The van der Waals surface area contributed by atoms with Gasteiger partial charge < -0.3 is 9.84 Å². The number of allylic oxidation sites excluding steroid dienone is 4. The first-order valence-corrected chi connectivity index (χ1v) is 5.48. The third kappa shape index (κ3) is 3.26. The molecule has 1 rings (SSSR count). The Morgan fingerprint density at radius 1 is 1.62 bits per heavy atom. The summed E-state index contributed by atoms with van der Waals surface area (Å²) in [4.78, 5) is 11.2. The van der Waals surface area contributed by atoms with E-state index in [1.165, 1.54) is 6.08 Å². The van der Waals surface area contributed by atoms with E-state index in [1.54, 1.807) is 19.1 Å². The van der Waals surface area contributed by atoms with Crippen molar-refractivity contribution in [3.8, 4) is 0 Å². The van der Waals surface area contributed by atoms with Crippen molar-refractivity contribution in [3.05, 3.63) is 35.6 Å². The SMILES string of the molecule is CCOC(=O)C=CC1C(C)=CC(O)=CC1C. The lowest BCUT2D eigenvalue weighted by Crippen LogP contribution is -2.13. The maximum absolute atomic E-state index is 11.2. The summed E-state index contributed by atoms with van der Waals surface area (Å²) in [6.45, 7) is 6.12. The van der Waals surface area contributed by atoms with E-state index in [1.807, 2.05) is 19.9 Å². The van der Waals surface area contributed by atoms with Gasteiger partial charge in [-0.15, -0.1) is 0 Å². The van der Waals surface area contributed by atoms with E-state index >= 15 is 0 Å². The van der Waals surface area contributed by atoms with Gasteiger partial charge in [0, 0.05) is 12.0 Å². The number of ether oxygens (including phenoxy) is 1. The first-order valence-electron chi connectivity index (χ1n) is 5.48. The molecule has 0 heterocycles. The van der Waals surface area contributed by atoms with Crippen LogP contribution < -0.4 is 0 Å². The first kappa shape index (κ1) is 12.6. The average Bonchev–Trinajstić information content (AvgIpc) is 2.16. The smallest absolute Gasteiger partial charge is 0.330 e. The Kier molecular flexibility index (Phi) is 4.35. The average molecular weight is 222 g/mol. The Bertz CT molecular complexity index is 350. The Morgan fingerprint density at radius 3 is 2.88 bits per heavy atom. The summed E-state index contributed by atoms with van der Waals surface area (Å²) in [6, 6.07) is 0. The van der Waals surface area contributed by atoms with Crippen LogP contribution in [0.1, 0.15) is 20.8 Å². The van der Waals surface area contributed by atoms with Crippen molar-refractivity contribution in [2.24, 2.45) is 11.8 Å². The summed E-state index contributed by atoms with van der Waals surface area (Å²) < 4.78 is 4.81. The Morgan fingerprint density at radius 2 is 2.31 bits per heavy atom. The topological polar surface area (TPSA) is 46.5 Å². The number of esters is 1. The molecule has 0 spiro atoms. The van der Waals surface area contributed by atoms with Crippen LogP contribution in [0.4, 0.5) is 0 Å². The lowest BCUT2D eigenvalue weighted by molar-refractivity contribution is -0.137. The van der Waals surface area contributed by atoms with Crippen LogP contribution in [0.15, 0.2) is 35.6 Å². The molecule has 0 radical (unpaired) electrons. The van der Waals surface area contributed by atoms with E-state index in [2.05, 4.69) is 0 Å². The second-order valence-electron chi connectivity index (χ2n) is 3.98. The molecule has 0 bridgehead atoms. The van der Waals surface area contributed by atoms with E-state index in [9.17, 15) is 9.90 Å². The first-order chi connectivity index (χ1) is 7.54. The molecular weight excluding hydrogens is 204 g/mol. The Hall–Kier alpha value is -1.51. The molecule has 1 N–H and O–H groups in total. The summed E-state index contributed by atoms with van der Waals surface area (Å²) in [5.41, 5.74) is 1.05. The highest BCUT2D eigenvalue weighted by Crippen LogP contribution is 2.28. The van der Waals surface area contributed by atoms with Gasteiger partial charge in [0.15, 0.2) is 0 Å². The lowest BCUT2D eigenvalue weighted by atomic mass is 9.83. The summed E-state index contributed by atoms with van der Waals surface area (Å²) in [5, 5.41) is 9.40. The van der Waals surface area contributed by atoms with Crippen molar-refractivity contribution in [2.75, 3.05) is 6.61 Å². The number of aliphatic hydroxyl groups is 1. The van der Waals surface area contributed by atoms with E-state index in [-0.39, 0.29) is 17.8 Å². The van der Waals surface area contributed by atoms with Crippen LogP contribution in [0.2, 0.25) is 0 Å². The predicted molar refractivity (Wildman–Crippen MR) is 62.9 cm³/mol. The molecule has 0 fully saturated rings. The summed E-state index contributed by atoms with van der Waals surface area (Å²) in [5.74, 6) is 0.322. The number of rotatable bonds is 3. The molecule has 0 saturated carbocycles. The number of hydrogen-bond acceptors (Lipinski definition) is 3. The zero-order valence-corrected chi connectivity index (χ0v) is 9.93. The highest BCUT2D eigenvalue weighted by atomic mass is 16.5. The Balaban J connectivity index is 2.68. The highest BCUT2D eigenvalue weighted by molar-refractivity contribution is 5.82. The molecule has 0 aromatic carbocycles. The zero-order valence-electron chi connectivity index (χ0n) is 9.93. The van der Waals surface area contributed by atoms with Crippen molar-refractivity contribution in [2.45, 2.75) is 20.8 Å². The Labute approximate surface area is 96.1 Å². The fourth-order valence-corrected chi connectivity index (χ4v) is 1.86. The third-order valence-electron chi connectivity index (χ3n) is 2.63. The van der Waals surface area contributed by atoms with Crippen LogP contribution in [0.25, 0.3) is 0 Å². The zero-order chi connectivity index (χ0) is 12.1. The van der Waals surface area contributed by atoms with Gasteiger partial charge in [0.05, 0.1) is 6.61 Å². The van der Waals surface area contributed by atoms with Crippen LogP contribution >= 0.6 is 0 Å². The van der Waals surface area contributed by atoms with Gasteiger partial charge in [0.25, 0.3) is 0 Å². The highest BCUT2D eigenvalue weighted by Gasteiger charge is 2.19. The van der Waals surface area contributed by atoms with Crippen LogP contribution in [0, 0.1) is 11.8 Å². The number of hydrogen-bond donors (Lipinski definition) is 1. The van der Waals surface area contributed by atoms with E-state index in [4.69, 9.17) is 4.74 Å². The van der Waals surface area contributed by atoms with Crippen LogP contribution in [-0.2, 0) is 9.53 Å². The van der Waals surface area contributed by atoms with Gasteiger partial charge >= 0.3 is 5.97 Å². The van der Waals surface area contributed by atoms with Gasteiger partial charge in [0.2, 0.25) is 0 Å². The molecule has 2 unspecified atom stereocenters. The van der Waals surface area contributed by atoms with E-state index in [0.717, 1.165) is 5.57 Å². The van der Waals surface area contributed by atoms with Crippen molar-refractivity contribution < 1.29 is 14.6 Å². The molecule has 0 saturated heterocycles. The maximum Gasteiger partial charge on any atom is 0.330 e. The van der Waals surface area contributed by atoms with Crippen molar-refractivity contribution >= 4 is 5.97 Å². The standard InChI is InChI=1S/C13H18O3/c1-4-16-13(15)6-5-12-9(2)7-11(14)8-10(12)3/h5-9,12,14H,4H2,1-3H3. The number of aliphatic hydroxyl groups excluding tert-OH is 1.